The zero-order valence-corrected chi connectivity index (χ0v) is 13.9. The summed E-state index contributed by atoms with van der Waals surface area (Å²) >= 11 is 0. The summed E-state index contributed by atoms with van der Waals surface area (Å²) in [6.45, 7) is 0.0683. The number of hydrazine groups is 2. The third-order valence-corrected chi connectivity index (χ3v) is 3.23. The Balaban J connectivity index is 1.73. The summed E-state index contributed by atoms with van der Waals surface area (Å²) in [5, 5.41) is 22.4. The fourth-order valence-electron chi connectivity index (χ4n) is 2.13. The number of benzene rings is 1. The molecular weight excluding hydrogens is 338 g/mol. The van der Waals surface area contributed by atoms with Crippen LogP contribution in [0.2, 0.25) is 0 Å². The first kappa shape index (κ1) is 17.2. The van der Waals surface area contributed by atoms with E-state index in [9.17, 15) is 4.79 Å². The lowest BCUT2D eigenvalue weighted by atomic mass is 10.2. The Bertz CT molecular complexity index is 826. The summed E-state index contributed by atoms with van der Waals surface area (Å²) in [5.74, 6) is 0.685. The highest BCUT2D eigenvalue weighted by Crippen LogP contribution is 2.10. The number of hydrogen-bond donors (Lipinski definition) is 3. The van der Waals surface area contributed by atoms with Crippen molar-refractivity contribution in [2.45, 2.75) is 6.61 Å². The van der Waals surface area contributed by atoms with Crippen LogP contribution in [0.4, 0.5) is 10.6 Å². The molecule has 2 heterocycles. The first-order chi connectivity index (χ1) is 12.6. The lowest BCUT2D eigenvalue weighted by Crippen LogP contribution is -2.41. The Morgan fingerprint density at radius 1 is 1.27 bits per heavy atom. The van der Waals surface area contributed by atoms with Crippen molar-refractivity contribution in [1.29, 1.82) is 0 Å². The Kier molecular flexibility index (Phi) is 5.25. The van der Waals surface area contributed by atoms with Crippen molar-refractivity contribution in [2.75, 3.05) is 12.4 Å². The lowest BCUT2D eigenvalue weighted by molar-refractivity contribution is 0.117. The molecule has 1 aliphatic rings. The van der Waals surface area contributed by atoms with Gasteiger partial charge in [0.2, 0.25) is 5.84 Å². The molecule has 0 atom stereocenters. The summed E-state index contributed by atoms with van der Waals surface area (Å²) in [6.07, 6.45) is 0.420. The molecule has 3 rings (SSSR count). The van der Waals surface area contributed by atoms with Crippen LogP contribution in [0.5, 0.6) is 0 Å². The van der Waals surface area contributed by atoms with Crippen molar-refractivity contribution in [3.63, 3.8) is 0 Å². The van der Waals surface area contributed by atoms with Gasteiger partial charge in [0, 0.05) is 12.6 Å². The second kappa shape index (κ2) is 7.94. The van der Waals surface area contributed by atoms with Crippen molar-refractivity contribution >= 4 is 24.1 Å². The topological polar surface area (TPSA) is 115 Å². The summed E-state index contributed by atoms with van der Waals surface area (Å²) in [7, 11) is 1.80. The summed E-state index contributed by atoms with van der Waals surface area (Å²) in [5.41, 5.74) is 4.31. The van der Waals surface area contributed by atoms with Crippen LogP contribution in [0, 0.1) is 0 Å². The van der Waals surface area contributed by atoms with Gasteiger partial charge in [0.15, 0.2) is 6.61 Å². The average Bonchev–Trinajstić information content (AvgIpc) is 3.05. The maximum Gasteiger partial charge on any atom is 0.410 e. The second-order valence-corrected chi connectivity index (χ2v) is 5.25. The molecule has 0 aliphatic carbocycles. The van der Waals surface area contributed by atoms with Crippen LogP contribution in [-0.2, 0) is 11.4 Å². The number of carboxylic acid groups (broad SMARTS) is 1. The number of nitrogens with one attached hydrogen (secondary N) is 2. The van der Waals surface area contributed by atoms with Gasteiger partial charge in [0.05, 0.1) is 5.69 Å². The molecule has 1 aromatic carbocycles. The van der Waals surface area contributed by atoms with E-state index < -0.39 is 6.09 Å². The highest BCUT2D eigenvalue weighted by molar-refractivity contribution is 5.98. The minimum atomic E-state index is -1.18. The number of oxime groups is 1. The molecule has 0 bridgehead atoms. The third-order valence-electron chi connectivity index (χ3n) is 3.23. The van der Waals surface area contributed by atoms with Crippen molar-refractivity contribution in [1.82, 2.24) is 20.6 Å². The molecule has 3 N–H and O–H groups in total. The van der Waals surface area contributed by atoms with E-state index in [1.165, 1.54) is 5.12 Å². The quantitative estimate of drug-likeness (QED) is 0.424. The van der Waals surface area contributed by atoms with Gasteiger partial charge < -0.3 is 9.94 Å². The highest BCUT2D eigenvalue weighted by Gasteiger charge is 2.18. The van der Waals surface area contributed by atoms with Crippen molar-refractivity contribution < 1.29 is 14.7 Å². The van der Waals surface area contributed by atoms with Crippen molar-refractivity contribution in [3.05, 3.63) is 59.8 Å². The molecule has 0 saturated carbocycles. The number of nitrogens with zero attached hydrogens (tertiary/aromatic N) is 5. The van der Waals surface area contributed by atoms with E-state index in [1.54, 1.807) is 36.6 Å². The van der Waals surface area contributed by atoms with Gasteiger partial charge in [-0.15, -0.1) is 10.6 Å². The van der Waals surface area contributed by atoms with Crippen LogP contribution in [0.25, 0.3) is 0 Å². The molecule has 0 spiro atoms. The summed E-state index contributed by atoms with van der Waals surface area (Å²) in [4.78, 5) is 20.2. The molecule has 0 saturated heterocycles. The van der Waals surface area contributed by atoms with Gasteiger partial charge in [-0.25, -0.2) is 9.78 Å². The SMILES string of the molecule is CN1C=NN(/C(=N\OCc2cccc(NC(=O)O)n2)c2ccccc2)N1. The fraction of sp³-hybridized carbons (Fsp3) is 0.125. The van der Waals surface area contributed by atoms with E-state index in [0.717, 1.165) is 5.56 Å². The molecule has 10 heteroatoms. The number of amidine groups is 1. The Morgan fingerprint density at radius 2 is 2.08 bits per heavy atom. The number of pyridine rings is 1. The van der Waals surface area contributed by atoms with E-state index in [4.69, 9.17) is 9.94 Å². The molecular formula is C16H17N7O3. The zero-order valence-electron chi connectivity index (χ0n) is 13.9. The first-order valence-electron chi connectivity index (χ1n) is 7.66. The minimum absolute atomic E-state index is 0.0683. The number of anilines is 1. The molecule has 1 amide bonds. The molecule has 26 heavy (non-hydrogen) atoms. The van der Waals surface area contributed by atoms with Gasteiger partial charge in [-0.1, -0.05) is 41.6 Å². The number of hydrogen-bond acceptors (Lipinski definition) is 7. The normalized spacial score (nSPS) is 13.8. The highest BCUT2D eigenvalue weighted by atomic mass is 16.6. The first-order valence-corrected chi connectivity index (χ1v) is 7.66. The van der Waals surface area contributed by atoms with Gasteiger partial charge in [-0.05, 0) is 12.1 Å². The van der Waals surface area contributed by atoms with Gasteiger partial charge in [-0.3, -0.25) is 10.3 Å². The predicted octanol–water partition coefficient (Wildman–Crippen LogP) is 1.66. The van der Waals surface area contributed by atoms with E-state index in [-0.39, 0.29) is 12.4 Å². The minimum Gasteiger partial charge on any atom is -0.465 e. The summed E-state index contributed by atoms with van der Waals surface area (Å²) < 4.78 is 0. The van der Waals surface area contributed by atoms with Crippen molar-refractivity contribution in [2.24, 2.45) is 10.3 Å². The summed E-state index contributed by atoms with van der Waals surface area (Å²) in [6, 6.07) is 14.4. The maximum absolute atomic E-state index is 10.7. The number of aromatic nitrogens is 1. The smallest absolute Gasteiger partial charge is 0.410 e. The van der Waals surface area contributed by atoms with Crippen LogP contribution >= 0.6 is 0 Å². The second-order valence-electron chi connectivity index (χ2n) is 5.25. The standard InChI is InChI=1S/C16H17N7O3/c1-22-11-17-23(21-22)15(12-6-3-2-4-7-12)20-26-10-13-8-5-9-14(18-13)19-16(24)25/h2-9,11,21H,10H2,1H3,(H,18,19)(H,24,25)/b20-15-. The van der Waals surface area contributed by atoms with Gasteiger partial charge in [0.25, 0.3) is 0 Å². The third kappa shape index (κ3) is 4.45. The van der Waals surface area contributed by atoms with Crippen LogP contribution in [0.15, 0.2) is 58.8 Å². The van der Waals surface area contributed by atoms with Crippen LogP contribution in [0.1, 0.15) is 11.3 Å². The zero-order chi connectivity index (χ0) is 18.4. The van der Waals surface area contributed by atoms with Gasteiger partial charge in [0.1, 0.15) is 12.2 Å². The molecule has 1 aromatic heterocycles. The maximum atomic E-state index is 10.7. The lowest BCUT2D eigenvalue weighted by Gasteiger charge is -2.18. The molecule has 10 nitrogen and oxygen atoms in total. The van der Waals surface area contributed by atoms with Gasteiger partial charge >= 0.3 is 6.09 Å². The van der Waals surface area contributed by atoms with E-state index in [2.05, 4.69) is 26.1 Å². The molecule has 1 aliphatic heterocycles. The predicted molar refractivity (Wildman–Crippen MR) is 94.9 cm³/mol. The Morgan fingerprint density at radius 3 is 2.77 bits per heavy atom. The van der Waals surface area contributed by atoms with E-state index >= 15 is 0 Å². The number of rotatable bonds is 5. The van der Waals surface area contributed by atoms with Crippen molar-refractivity contribution in [3.8, 4) is 0 Å². The largest absolute Gasteiger partial charge is 0.465 e. The monoisotopic (exact) mass is 355 g/mol. The molecule has 134 valence electrons. The number of hydrazone groups is 1. The van der Waals surface area contributed by atoms with Crippen LogP contribution in [0.3, 0.4) is 0 Å². The molecule has 0 unspecified atom stereocenters. The van der Waals surface area contributed by atoms with Gasteiger partial charge in [-0.2, -0.15) is 5.12 Å². The van der Waals surface area contributed by atoms with E-state index in [0.29, 0.717) is 11.5 Å². The molecule has 0 fully saturated rings. The average molecular weight is 355 g/mol. The number of amides is 1. The van der Waals surface area contributed by atoms with E-state index in [1.807, 2.05) is 30.3 Å². The Labute approximate surface area is 149 Å². The molecule has 0 radical (unpaired) electrons. The van der Waals surface area contributed by atoms with Crippen LogP contribution < -0.4 is 10.9 Å². The fourth-order valence-corrected chi connectivity index (χ4v) is 2.13. The van der Waals surface area contributed by atoms with Crippen LogP contribution in [-0.4, -0.2) is 45.5 Å². The Hall–Kier alpha value is -3.66. The molecule has 2 aromatic rings. The number of carbonyl (C=O) groups is 1.